The predicted molar refractivity (Wildman–Crippen MR) is 96.9 cm³/mol. The average molecular weight is 334 g/mol. The summed E-state index contributed by atoms with van der Waals surface area (Å²) in [5, 5.41) is 6.38. The first-order valence-electron chi connectivity index (χ1n) is 7.42. The van der Waals surface area contributed by atoms with Crippen molar-refractivity contribution in [2.24, 2.45) is 0 Å². The van der Waals surface area contributed by atoms with Gasteiger partial charge in [-0.25, -0.2) is 0 Å². The molecule has 0 fully saturated rings. The van der Waals surface area contributed by atoms with Gasteiger partial charge in [0.25, 0.3) is 0 Å². The summed E-state index contributed by atoms with van der Waals surface area (Å²) in [7, 11) is 1.55. The van der Waals surface area contributed by atoms with E-state index in [0.29, 0.717) is 11.8 Å². The molecule has 24 heavy (non-hydrogen) atoms. The molecular weight excluding hydrogens is 320 g/mol. The monoisotopic (exact) mass is 334 g/mol. The maximum Gasteiger partial charge on any atom is 0.321 e. The minimum Gasteiger partial charge on any atom is -0.467 e. The van der Waals surface area contributed by atoms with Crippen molar-refractivity contribution in [2.75, 3.05) is 12.4 Å². The van der Waals surface area contributed by atoms with Crippen LogP contribution >= 0.6 is 11.3 Å². The Hall–Kier alpha value is -2.99. The third kappa shape index (κ3) is 2.79. The van der Waals surface area contributed by atoms with Crippen molar-refractivity contribution in [1.82, 2.24) is 15.0 Å². The number of nitrogens with one attached hydrogen (secondary N) is 1. The zero-order valence-corrected chi connectivity index (χ0v) is 13.7. The molecule has 0 unspecified atom stereocenters. The Morgan fingerprint density at radius 2 is 1.71 bits per heavy atom. The normalized spacial score (nSPS) is 10.7. The minimum atomic E-state index is 0.286. The lowest BCUT2D eigenvalue weighted by molar-refractivity contribution is 0.379. The quantitative estimate of drug-likeness (QED) is 0.595. The summed E-state index contributed by atoms with van der Waals surface area (Å²) in [5.74, 6) is 1.05. The molecular formula is C18H14N4OS. The van der Waals surface area contributed by atoms with Crippen LogP contribution in [0.25, 0.3) is 21.5 Å². The highest BCUT2D eigenvalue weighted by Gasteiger charge is 2.13. The van der Waals surface area contributed by atoms with E-state index in [-0.39, 0.29) is 6.01 Å². The highest BCUT2D eigenvalue weighted by molar-refractivity contribution is 7.17. The van der Waals surface area contributed by atoms with Gasteiger partial charge < -0.3 is 10.1 Å². The summed E-state index contributed by atoms with van der Waals surface area (Å²) in [5.41, 5.74) is 1.89. The van der Waals surface area contributed by atoms with Crippen LogP contribution in [-0.4, -0.2) is 22.1 Å². The van der Waals surface area contributed by atoms with Gasteiger partial charge in [-0.1, -0.05) is 36.4 Å². The summed E-state index contributed by atoms with van der Waals surface area (Å²) in [6, 6.07) is 18.3. The van der Waals surface area contributed by atoms with Crippen molar-refractivity contribution in [2.45, 2.75) is 0 Å². The van der Waals surface area contributed by atoms with E-state index >= 15 is 0 Å². The van der Waals surface area contributed by atoms with E-state index in [0.717, 1.165) is 16.6 Å². The molecule has 0 spiro atoms. The lowest BCUT2D eigenvalue weighted by Crippen LogP contribution is -2.03. The number of hydrogen-bond donors (Lipinski definition) is 1. The van der Waals surface area contributed by atoms with E-state index in [1.807, 2.05) is 42.5 Å². The Morgan fingerprint density at radius 3 is 2.54 bits per heavy atom. The molecule has 2 aromatic heterocycles. The topological polar surface area (TPSA) is 59.9 Å². The third-order valence-corrected chi connectivity index (χ3v) is 4.51. The first kappa shape index (κ1) is 14.6. The van der Waals surface area contributed by atoms with Gasteiger partial charge >= 0.3 is 6.01 Å². The zero-order chi connectivity index (χ0) is 16.4. The number of benzene rings is 2. The number of hydrogen-bond acceptors (Lipinski definition) is 6. The standard InChI is InChI=1S/C18H14N4OS/c1-23-18-21-16(14-11-24-15-10-6-5-9-13(14)15)20-17(22-18)19-12-7-3-2-4-8-12/h2-11H,1H3,(H,19,20,21,22). The van der Waals surface area contributed by atoms with Crippen LogP contribution < -0.4 is 10.1 Å². The van der Waals surface area contributed by atoms with Gasteiger partial charge in [-0.2, -0.15) is 15.0 Å². The van der Waals surface area contributed by atoms with Crippen LogP contribution in [0.15, 0.2) is 60.0 Å². The maximum absolute atomic E-state index is 5.24. The van der Waals surface area contributed by atoms with Crippen molar-refractivity contribution in [3.8, 4) is 17.4 Å². The molecule has 6 heteroatoms. The van der Waals surface area contributed by atoms with Gasteiger partial charge in [0.1, 0.15) is 0 Å². The number of thiophene rings is 1. The molecule has 0 aliphatic rings. The fourth-order valence-electron chi connectivity index (χ4n) is 2.43. The van der Waals surface area contributed by atoms with Gasteiger partial charge in [-0.15, -0.1) is 11.3 Å². The fraction of sp³-hybridized carbons (Fsp3) is 0.0556. The van der Waals surface area contributed by atoms with Gasteiger partial charge in [0.2, 0.25) is 5.95 Å². The molecule has 2 aromatic carbocycles. The SMILES string of the molecule is COc1nc(Nc2ccccc2)nc(-c2csc3ccccc23)n1. The minimum absolute atomic E-state index is 0.286. The second-order valence-corrected chi connectivity index (χ2v) is 6.02. The van der Waals surface area contributed by atoms with Crippen LogP contribution in [-0.2, 0) is 0 Å². The van der Waals surface area contributed by atoms with E-state index in [1.165, 1.54) is 4.70 Å². The molecule has 0 saturated carbocycles. The van der Waals surface area contributed by atoms with Gasteiger partial charge in [0.05, 0.1) is 7.11 Å². The smallest absolute Gasteiger partial charge is 0.321 e. The predicted octanol–water partition coefficient (Wildman–Crippen LogP) is 4.51. The van der Waals surface area contributed by atoms with Crippen molar-refractivity contribution >= 4 is 33.1 Å². The number of ether oxygens (including phenoxy) is 1. The molecule has 4 rings (SSSR count). The molecule has 0 saturated heterocycles. The largest absolute Gasteiger partial charge is 0.467 e. The summed E-state index contributed by atoms with van der Waals surface area (Å²) in [6.07, 6.45) is 0. The van der Waals surface area contributed by atoms with Crippen LogP contribution in [0.2, 0.25) is 0 Å². The maximum atomic E-state index is 5.24. The number of anilines is 2. The van der Waals surface area contributed by atoms with Crippen LogP contribution in [0.3, 0.4) is 0 Å². The molecule has 0 amide bonds. The third-order valence-electron chi connectivity index (χ3n) is 3.55. The lowest BCUT2D eigenvalue weighted by atomic mass is 10.2. The average Bonchev–Trinajstić information content (AvgIpc) is 3.06. The molecule has 0 aliphatic heterocycles. The Bertz CT molecular complexity index is 985. The lowest BCUT2D eigenvalue weighted by Gasteiger charge is -2.08. The zero-order valence-electron chi connectivity index (χ0n) is 12.9. The Balaban J connectivity index is 1.79. The summed E-state index contributed by atoms with van der Waals surface area (Å²) >= 11 is 1.67. The fourth-order valence-corrected chi connectivity index (χ4v) is 3.36. The van der Waals surface area contributed by atoms with Crippen LogP contribution in [0.5, 0.6) is 6.01 Å². The highest BCUT2D eigenvalue weighted by atomic mass is 32.1. The van der Waals surface area contributed by atoms with Crippen molar-refractivity contribution in [3.05, 3.63) is 60.0 Å². The first-order chi connectivity index (χ1) is 11.8. The van der Waals surface area contributed by atoms with Crippen LogP contribution in [0.1, 0.15) is 0 Å². The number of fused-ring (bicyclic) bond motifs is 1. The number of para-hydroxylation sites is 1. The van der Waals surface area contributed by atoms with Gasteiger partial charge in [-0.3, -0.25) is 0 Å². The first-order valence-corrected chi connectivity index (χ1v) is 8.30. The van der Waals surface area contributed by atoms with Crippen molar-refractivity contribution in [3.63, 3.8) is 0 Å². The highest BCUT2D eigenvalue weighted by Crippen LogP contribution is 2.33. The summed E-state index contributed by atoms with van der Waals surface area (Å²) < 4.78 is 6.44. The number of methoxy groups -OCH3 is 1. The number of aromatic nitrogens is 3. The number of nitrogens with zero attached hydrogens (tertiary/aromatic N) is 3. The van der Waals surface area contributed by atoms with E-state index in [9.17, 15) is 0 Å². The van der Waals surface area contributed by atoms with E-state index < -0.39 is 0 Å². The molecule has 4 aromatic rings. The van der Waals surface area contributed by atoms with E-state index in [2.05, 4.69) is 37.8 Å². The second kappa shape index (κ2) is 6.25. The van der Waals surface area contributed by atoms with Crippen LogP contribution in [0.4, 0.5) is 11.6 Å². The Morgan fingerprint density at radius 1 is 0.917 bits per heavy atom. The molecule has 0 radical (unpaired) electrons. The Labute approximate surface area is 143 Å². The summed E-state index contributed by atoms with van der Waals surface area (Å²) in [6.45, 7) is 0. The summed E-state index contributed by atoms with van der Waals surface area (Å²) in [4.78, 5) is 13.3. The molecule has 2 heterocycles. The molecule has 0 aliphatic carbocycles. The van der Waals surface area contributed by atoms with Crippen LogP contribution in [0, 0.1) is 0 Å². The number of rotatable bonds is 4. The molecule has 1 N–H and O–H groups in total. The van der Waals surface area contributed by atoms with Crippen molar-refractivity contribution < 1.29 is 4.74 Å². The van der Waals surface area contributed by atoms with E-state index in [1.54, 1.807) is 18.4 Å². The molecule has 118 valence electrons. The second-order valence-electron chi connectivity index (χ2n) is 5.11. The molecule has 0 atom stereocenters. The molecule has 5 nitrogen and oxygen atoms in total. The van der Waals surface area contributed by atoms with Crippen molar-refractivity contribution in [1.29, 1.82) is 0 Å². The van der Waals surface area contributed by atoms with Gasteiger partial charge in [-0.05, 0) is 18.2 Å². The van der Waals surface area contributed by atoms with Gasteiger partial charge in [0.15, 0.2) is 5.82 Å². The Kier molecular flexibility index (Phi) is 3.80. The van der Waals surface area contributed by atoms with E-state index in [4.69, 9.17) is 4.74 Å². The molecule has 0 bridgehead atoms. The van der Waals surface area contributed by atoms with Gasteiger partial charge in [0, 0.05) is 26.7 Å².